The Bertz CT molecular complexity index is 504. The summed E-state index contributed by atoms with van der Waals surface area (Å²) in [6.07, 6.45) is 7.02. The van der Waals surface area contributed by atoms with Crippen molar-refractivity contribution < 1.29 is 19.1 Å². The molecule has 0 heterocycles. The number of rotatable bonds is 13. The molecule has 5 heteroatoms. The average molecular weight is 363 g/mol. The Kier molecular flexibility index (Phi) is 12.0. The normalized spacial score (nSPS) is 11.6. The molecule has 0 spiro atoms. The number of benzene rings is 1. The Morgan fingerprint density at radius 2 is 1.54 bits per heavy atom. The zero-order valence-corrected chi connectivity index (χ0v) is 16.2. The van der Waals surface area contributed by atoms with Gasteiger partial charge < -0.3 is 14.8 Å². The molecule has 1 aromatic carbocycles. The van der Waals surface area contributed by atoms with Crippen molar-refractivity contribution in [3.63, 3.8) is 0 Å². The second-order valence-corrected chi connectivity index (χ2v) is 6.46. The molecule has 1 rings (SSSR count). The van der Waals surface area contributed by atoms with E-state index in [0.29, 0.717) is 19.6 Å². The molecule has 0 aliphatic carbocycles. The summed E-state index contributed by atoms with van der Waals surface area (Å²) in [7, 11) is 0. The minimum absolute atomic E-state index is 0.354. The van der Waals surface area contributed by atoms with Gasteiger partial charge in [-0.05, 0) is 18.4 Å². The van der Waals surface area contributed by atoms with Crippen LogP contribution in [0.2, 0.25) is 0 Å². The average Bonchev–Trinajstić information content (AvgIpc) is 2.65. The molecule has 0 bridgehead atoms. The van der Waals surface area contributed by atoms with E-state index in [1.807, 2.05) is 37.3 Å². The van der Waals surface area contributed by atoms with Crippen LogP contribution in [0.25, 0.3) is 0 Å². The summed E-state index contributed by atoms with van der Waals surface area (Å²) >= 11 is 0. The minimum Gasteiger partial charge on any atom is -0.464 e. The maximum absolute atomic E-state index is 12.4. The van der Waals surface area contributed by atoms with E-state index < -0.39 is 18.1 Å². The molecule has 26 heavy (non-hydrogen) atoms. The summed E-state index contributed by atoms with van der Waals surface area (Å²) in [5.74, 6) is -0.406. The topological polar surface area (TPSA) is 64.6 Å². The fourth-order valence-corrected chi connectivity index (χ4v) is 2.52. The third kappa shape index (κ3) is 10.1. The lowest BCUT2D eigenvalue weighted by Gasteiger charge is -2.18. The first-order valence-corrected chi connectivity index (χ1v) is 9.81. The van der Waals surface area contributed by atoms with Crippen LogP contribution in [0.3, 0.4) is 0 Å². The van der Waals surface area contributed by atoms with Gasteiger partial charge >= 0.3 is 12.1 Å². The first-order valence-electron chi connectivity index (χ1n) is 9.81. The van der Waals surface area contributed by atoms with Crippen LogP contribution in [-0.4, -0.2) is 31.3 Å². The molecule has 0 radical (unpaired) electrons. The summed E-state index contributed by atoms with van der Waals surface area (Å²) in [4.78, 5) is 24.3. The highest BCUT2D eigenvalue weighted by Crippen LogP contribution is 2.07. The third-order valence-corrected chi connectivity index (χ3v) is 4.08. The Morgan fingerprint density at radius 3 is 2.23 bits per heavy atom. The molecular formula is C21H33NO4. The number of ether oxygens (including phenoxy) is 2. The van der Waals surface area contributed by atoms with E-state index in [1.165, 1.54) is 12.8 Å². The van der Waals surface area contributed by atoms with Crippen molar-refractivity contribution in [2.75, 3.05) is 13.2 Å². The van der Waals surface area contributed by atoms with Gasteiger partial charge in [-0.1, -0.05) is 76.3 Å². The first kappa shape index (κ1) is 22.0. The molecule has 1 amide bonds. The van der Waals surface area contributed by atoms with Gasteiger partial charge in [-0.2, -0.15) is 0 Å². The minimum atomic E-state index is -0.734. The van der Waals surface area contributed by atoms with E-state index in [2.05, 4.69) is 12.2 Å². The number of hydrogen-bond donors (Lipinski definition) is 1. The van der Waals surface area contributed by atoms with E-state index >= 15 is 0 Å². The third-order valence-electron chi connectivity index (χ3n) is 4.08. The molecule has 146 valence electrons. The van der Waals surface area contributed by atoms with Crippen LogP contribution >= 0.6 is 0 Å². The van der Waals surface area contributed by atoms with Gasteiger partial charge in [0.1, 0.15) is 6.04 Å². The van der Waals surface area contributed by atoms with E-state index in [1.54, 1.807) is 0 Å². The summed E-state index contributed by atoms with van der Waals surface area (Å²) in [6.45, 7) is 4.93. The van der Waals surface area contributed by atoms with Gasteiger partial charge in [0.25, 0.3) is 0 Å². The van der Waals surface area contributed by atoms with Crippen LogP contribution in [0.5, 0.6) is 0 Å². The molecule has 5 nitrogen and oxygen atoms in total. The van der Waals surface area contributed by atoms with Crippen molar-refractivity contribution in [2.24, 2.45) is 0 Å². The highest BCUT2D eigenvalue weighted by Gasteiger charge is 2.23. The quantitative estimate of drug-likeness (QED) is 0.410. The standard InChI is InChI=1S/C21H33NO4/c1-3-5-7-8-12-16-25-20(23)19(17-18-13-10-9-11-14-18)22-21(24)26-15-6-4-2/h9-11,13-14,19H,3-8,12,15-17H2,1-2H3,(H,22,24). The maximum Gasteiger partial charge on any atom is 0.407 e. The number of unbranched alkanes of at least 4 members (excludes halogenated alkanes) is 5. The second kappa shape index (κ2) is 14.2. The van der Waals surface area contributed by atoms with E-state index in [9.17, 15) is 9.59 Å². The number of esters is 1. The fraction of sp³-hybridized carbons (Fsp3) is 0.619. The SMILES string of the molecule is CCCCCCCOC(=O)C(Cc1ccccc1)NC(=O)OCCCC. The molecule has 1 aromatic rings. The van der Waals surface area contributed by atoms with Crippen LogP contribution in [0, 0.1) is 0 Å². The Balaban J connectivity index is 2.50. The molecule has 0 aromatic heterocycles. The summed E-state index contributed by atoms with van der Waals surface area (Å²) in [6, 6.07) is 8.85. The number of carbonyl (C=O) groups is 2. The molecule has 0 aliphatic rings. The Morgan fingerprint density at radius 1 is 0.885 bits per heavy atom. The van der Waals surface area contributed by atoms with Crippen LogP contribution in [0.4, 0.5) is 4.79 Å². The van der Waals surface area contributed by atoms with Crippen LogP contribution < -0.4 is 5.32 Å². The monoisotopic (exact) mass is 363 g/mol. The molecule has 0 fully saturated rings. The smallest absolute Gasteiger partial charge is 0.407 e. The van der Waals surface area contributed by atoms with Crippen LogP contribution in [0.15, 0.2) is 30.3 Å². The zero-order valence-electron chi connectivity index (χ0n) is 16.2. The summed E-state index contributed by atoms with van der Waals surface area (Å²) in [5.41, 5.74) is 0.964. The molecule has 1 unspecified atom stereocenters. The van der Waals surface area contributed by atoms with Gasteiger partial charge in [0, 0.05) is 6.42 Å². The van der Waals surface area contributed by atoms with Gasteiger partial charge in [0.05, 0.1) is 13.2 Å². The first-order chi connectivity index (χ1) is 12.7. The number of amides is 1. The lowest BCUT2D eigenvalue weighted by atomic mass is 10.1. The largest absolute Gasteiger partial charge is 0.464 e. The van der Waals surface area contributed by atoms with E-state index in [-0.39, 0.29) is 0 Å². The van der Waals surface area contributed by atoms with Gasteiger partial charge in [0.15, 0.2) is 0 Å². The second-order valence-electron chi connectivity index (χ2n) is 6.46. The number of carbonyl (C=O) groups excluding carboxylic acids is 2. The van der Waals surface area contributed by atoms with Crippen molar-refractivity contribution >= 4 is 12.1 Å². The molecule has 1 N–H and O–H groups in total. The van der Waals surface area contributed by atoms with Crippen molar-refractivity contribution in [3.05, 3.63) is 35.9 Å². The number of nitrogens with one attached hydrogen (secondary N) is 1. The molecule has 0 saturated heterocycles. The number of hydrogen-bond acceptors (Lipinski definition) is 4. The predicted molar refractivity (Wildman–Crippen MR) is 103 cm³/mol. The predicted octanol–water partition coefficient (Wildman–Crippen LogP) is 4.64. The highest BCUT2D eigenvalue weighted by atomic mass is 16.6. The van der Waals surface area contributed by atoms with E-state index in [0.717, 1.165) is 37.7 Å². The van der Waals surface area contributed by atoms with Crippen LogP contribution in [-0.2, 0) is 20.7 Å². The Labute approximate surface area is 157 Å². The molecule has 1 atom stereocenters. The lowest BCUT2D eigenvalue weighted by molar-refractivity contribution is -0.146. The van der Waals surface area contributed by atoms with Crippen molar-refractivity contribution in [1.29, 1.82) is 0 Å². The van der Waals surface area contributed by atoms with Gasteiger partial charge in [-0.15, -0.1) is 0 Å². The zero-order chi connectivity index (χ0) is 19.0. The maximum atomic E-state index is 12.4. The van der Waals surface area contributed by atoms with Crippen molar-refractivity contribution in [3.8, 4) is 0 Å². The summed E-state index contributed by atoms with van der Waals surface area (Å²) in [5, 5.41) is 2.65. The van der Waals surface area contributed by atoms with Crippen LogP contribution in [0.1, 0.15) is 64.4 Å². The highest BCUT2D eigenvalue weighted by molar-refractivity contribution is 5.81. The van der Waals surface area contributed by atoms with Crippen molar-refractivity contribution in [2.45, 2.75) is 71.3 Å². The fourth-order valence-electron chi connectivity index (χ4n) is 2.52. The Hall–Kier alpha value is -2.04. The lowest BCUT2D eigenvalue weighted by Crippen LogP contribution is -2.43. The van der Waals surface area contributed by atoms with Crippen molar-refractivity contribution in [1.82, 2.24) is 5.32 Å². The number of alkyl carbamates (subject to hydrolysis) is 1. The molecule has 0 saturated carbocycles. The van der Waals surface area contributed by atoms with Gasteiger partial charge in [-0.25, -0.2) is 9.59 Å². The van der Waals surface area contributed by atoms with Gasteiger partial charge in [-0.3, -0.25) is 0 Å². The summed E-state index contributed by atoms with van der Waals surface area (Å²) < 4.78 is 10.5. The molecular weight excluding hydrogens is 330 g/mol. The molecule has 0 aliphatic heterocycles. The van der Waals surface area contributed by atoms with Gasteiger partial charge in [0.2, 0.25) is 0 Å². The van der Waals surface area contributed by atoms with E-state index in [4.69, 9.17) is 9.47 Å².